The molecule has 2 atom stereocenters. The lowest BCUT2D eigenvalue weighted by atomic mass is 9.77. The third kappa shape index (κ3) is 3.94. The highest BCUT2D eigenvalue weighted by molar-refractivity contribution is 5.97. The number of benzene rings is 1. The minimum atomic E-state index is -0.794. The summed E-state index contributed by atoms with van der Waals surface area (Å²) in [7, 11) is 1.57. The summed E-state index contributed by atoms with van der Waals surface area (Å²) < 4.78 is 10.9. The summed E-state index contributed by atoms with van der Waals surface area (Å²) in [5.41, 5.74) is 1.36. The fraction of sp³-hybridized carbons (Fsp3) is 0.478. The number of carbonyl (C=O) groups is 2. The van der Waals surface area contributed by atoms with Crippen molar-refractivity contribution in [3.8, 4) is 5.75 Å². The summed E-state index contributed by atoms with van der Waals surface area (Å²) in [5.74, 6) is 0.879. The Kier molecular flexibility index (Phi) is 5.56. The molecule has 4 rings (SSSR count). The van der Waals surface area contributed by atoms with Crippen LogP contribution >= 0.6 is 0 Å². The van der Waals surface area contributed by atoms with Crippen LogP contribution in [0.1, 0.15) is 34.5 Å². The number of amides is 1. The molecule has 0 bridgehead atoms. The molecular formula is C23H28N2O5. The molecule has 2 saturated heterocycles. The largest absolute Gasteiger partial charge is 0.496 e. The second-order valence-electron chi connectivity index (χ2n) is 8.59. The predicted octanol–water partition coefficient (Wildman–Crippen LogP) is 3.04. The van der Waals surface area contributed by atoms with Crippen LogP contribution in [-0.2, 0) is 11.3 Å². The smallest absolute Gasteiger partial charge is 0.303 e. The molecular weight excluding hydrogens is 384 g/mol. The molecule has 2 fully saturated rings. The van der Waals surface area contributed by atoms with E-state index in [4.69, 9.17) is 9.15 Å². The predicted molar refractivity (Wildman–Crippen MR) is 110 cm³/mol. The summed E-state index contributed by atoms with van der Waals surface area (Å²) in [6.07, 6.45) is 2.35. The van der Waals surface area contributed by atoms with E-state index in [9.17, 15) is 14.7 Å². The topological polar surface area (TPSA) is 83.2 Å². The highest BCUT2D eigenvalue weighted by Gasteiger charge is 2.53. The highest BCUT2D eigenvalue weighted by Crippen LogP contribution is 2.47. The zero-order valence-corrected chi connectivity index (χ0v) is 17.5. The van der Waals surface area contributed by atoms with E-state index in [1.807, 2.05) is 42.2 Å². The fourth-order valence-corrected chi connectivity index (χ4v) is 5.06. The van der Waals surface area contributed by atoms with Crippen LogP contribution < -0.4 is 4.74 Å². The molecule has 0 aliphatic carbocycles. The van der Waals surface area contributed by atoms with Gasteiger partial charge in [-0.05, 0) is 43.5 Å². The van der Waals surface area contributed by atoms with Gasteiger partial charge in [-0.1, -0.05) is 11.6 Å². The van der Waals surface area contributed by atoms with E-state index in [2.05, 4.69) is 4.90 Å². The minimum Gasteiger partial charge on any atom is -0.496 e. The van der Waals surface area contributed by atoms with Crippen LogP contribution in [0.4, 0.5) is 0 Å². The normalized spacial score (nSPS) is 23.5. The van der Waals surface area contributed by atoms with Gasteiger partial charge in [-0.15, -0.1) is 0 Å². The van der Waals surface area contributed by atoms with Gasteiger partial charge in [0.05, 0.1) is 25.5 Å². The van der Waals surface area contributed by atoms with E-state index in [0.717, 1.165) is 24.4 Å². The van der Waals surface area contributed by atoms with Crippen molar-refractivity contribution < 1.29 is 23.8 Å². The number of methoxy groups -OCH3 is 1. The number of hydrogen-bond donors (Lipinski definition) is 1. The average molecular weight is 412 g/mol. The average Bonchev–Trinajstić information content (AvgIpc) is 3.41. The van der Waals surface area contributed by atoms with Crippen molar-refractivity contribution in [2.75, 3.05) is 33.3 Å². The number of aliphatic carboxylic acids is 1. The summed E-state index contributed by atoms with van der Waals surface area (Å²) >= 11 is 0. The standard InChI is InChI=1S/C23H28N2O5/c1-16-5-6-20(29-2)19(10-16)22(28)25-12-17-11-24(13-18-4-3-9-30-18)14-23(17,15-25)8-7-21(26)27/h3-6,9-10,17H,7-8,11-15H2,1-2H3,(H,26,27)/t17-,23+/m0/s1. The van der Waals surface area contributed by atoms with Gasteiger partial charge >= 0.3 is 5.97 Å². The Hall–Kier alpha value is -2.80. The third-order valence-electron chi connectivity index (χ3n) is 6.50. The third-order valence-corrected chi connectivity index (χ3v) is 6.50. The van der Waals surface area contributed by atoms with Crippen molar-refractivity contribution in [3.05, 3.63) is 53.5 Å². The quantitative estimate of drug-likeness (QED) is 0.753. The summed E-state index contributed by atoms with van der Waals surface area (Å²) in [4.78, 5) is 28.8. The fourth-order valence-electron chi connectivity index (χ4n) is 5.06. The number of furan rings is 1. The number of fused-ring (bicyclic) bond motifs is 1. The maximum atomic E-state index is 13.3. The van der Waals surface area contributed by atoms with Crippen LogP contribution in [0.3, 0.4) is 0 Å². The Balaban J connectivity index is 1.54. The van der Waals surface area contributed by atoms with Gasteiger partial charge in [-0.25, -0.2) is 0 Å². The molecule has 1 N–H and O–H groups in total. The van der Waals surface area contributed by atoms with Crippen molar-refractivity contribution in [2.45, 2.75) is 26.3 Å². The molecule has 7 nitrogen and oxygen atoms in total. The lowest BCUT2D eigenvalue weighted by Crippen LogP contribution is -2.37. The minimum absolute atomic E-state index is 0.0442. The first-order valence-electron chi connectivity index (χ1n) is 10.3. The Labute approximate surface area is 176 Å². The van der Waals surface area contributed by atoms with Crippen LogP contribution in [-0.4, -0.2) is 60.1 Å². The summed E-state index contributed by atoms with van der Waals surface area (Å²) in [5, 5.41) is 9.29. The number of hydrogen-bond acceptors (Lipinski definition) is 5. The molecule has 160 valence electrons. The van der Waals surface area contributed by atoms with Crippen molar-refractivity contribution in [3.63, 3.8) is 0 Å². The molecule has 7 heteroatoms. The van der Waals surface area contributed by atoms with Gasteiger partial charge in [0.2, 0.25) is 0 Å². The molecule has 2 aliphatic heterocycles. The zero-order chi connectivity index (χ0) is 21.3. The van der Waals surface area contributed by atoms with Gasteiger partial charge in [0.25, 0.3) is 5.91 Å². The first-order valence-corrected chi connectivity index (χ1v) is 10.3. The number of aryl methyl sites for hydroxylation is 1. The maximum absolute atomic E-state index is 13.3. The summed E-state index contributed by atoms with van der Waals surface area (Å²) in [6, 6.07) is 9.45. The Morgan fingerprint density at radius 3 is 2.80 bits per heavy atom. The molecule has 2 aliphatic rings. The van der Waals surface area contributed by atoms with Crippen molar-refractivity contribution in [1.82, 2.24) is 9.80 Å². The van der Waals surface area contributed by atoms with Crippen LogP contribution in [0.15, 0.2) is 41.0 Å². The highest BCUT2D eigenvalue weighted by atomic mass is 16.5. The molecule has 0 spiro atoms. The first-order chi connectivity index (χ1) is 14.4. The number of nitrogens with zero attached hydrogens (tertiary/aromatic N) is 2. The van der Waals surface area contributed by atoms with E-state index >= 15 is 0 Å². The van der Waals surface area contributed by atoms with E-state index in [1.165, 1.54) is 0 Å². The van der Waals surface area contributed by atoms with Crippen molar-refractivity contribution >= 4 is 11.9 Å². The molecule has 0 saturated carbocycles. The van der Waals surface area contributed by atoms with Crippen LogP contribution in [0.5, 0.6) is 5.75 Å². The number of carboxylic acids is 1. The van der Waals surface area contributed by atoms with Crippen molar-refractivity contribution in [1.29, 1.82) is 0 Å². The van der Waals surface area contributed by atoms with Gasteiger partial charge in [-0.3, -0.25) is 14.5 Å². The number of ether oxygens (including phenoxy) is 1. The Bertz CT molecular complexity index is 926. The monoisotopic (exact) mass is 412 g/mol. The van der Waals surface area contributed by atoms with Gasteiger partial charge < -0.3 is 19.2 Å². The second-order valence-corrected chi connectivity index (χ2v) is 8.59. The van der Waals surface area contributed by atoms with E-state index < -0.39 is 5.97 Å². The van der Waals surface area contributed by atoms with Crippen LogP contribution in [0.25, 0.3) is 0 Å². The lowest BCUT2D eigenvalue weighted by Gasteiger charge is -2.29. The van der Waals surface area contributed by atoms with Crippen molar-refractivity contribution in [2.24, 2.45) is 11.3 Å². The SMILES string of the molecule is COc1ccc(C)cc1C(=O)N1C[C@@H]2CN(Cc3ccco3)C[C@]2(CCC(=O)O)C1. The van der Waals surface area contributed by atoms with E-state index in [-0.39, 0.29) is 23.7 Å². The Morgan fingerprint density at radius 1 is 1.27 bits per heavy atom. The Morgan fingerprint density at radius 2 is 2.10 bits per heavy atom. The number of likely N-dealkylation sites (tertiary alicyclic amines) is 2. The van der Waals surface area contributed by atoms with E-state index in [1.54, 1.807) is 13.4 Å². The van der Waals surface area contributed by atoms with E-state index in [0.29, 0.717) is 37.4 Å². The molecule has 1 aromatic carbocycles. The summed E-state index contributed by atoms with van der Waals surface area (Å²) in [6.45, 7) is 5.45. The van der Waals surface area contributed by atoms with Gasteiger partial charge in [0.1, 0.15) is 11.5 Å². The van der Waals surface area contributed by atoms with Gasteiger partial charge in [0, 0.05) is 38.0 Å². The van der Waals surface area contributed by atoms with Crippen LogP contribution in [0.2, 0.25) is 0 Å². The molecule has 2 aromatic rings. The zero-order valence-electron chi connectivity index (χ0n) is 17.5. The second kappa shape index (κ2) is 8.14. The van der Waals surface area contributed by atoms with Gasteiger partial charge in [0.15, 0.2) is 0 Å². The molecule has 0 radical (unpaired) electrons. The first kappa shape index (κ1) is 20.5. The number of carbonyl (C=O) groups excluding carboxylic acids is 1. The van der Waals surface area contributed by atoms with Crippen LogP contribution in [0, 0.1) is 18.3 Å². The number of carboxylic acid groups (broad SMARTS) is 1. The molecule has 3 heterocycles. The molecule has 0 unspecified atom stereocenters. The molecule has 1 aromatic heterocycles. The lowest BCUT2D eigenvalue weighted by molar-refractivity contribution is -0.137. The number of rotatable bonds is 7. The maximum Gasteiger partial charge on any atom is 0.303 e. The molecule has 1 amide bonds. The van der Waals surface area contributed by atoms with Gasteiger partial charge in [-0.2, -0.15) is 0 Å². The molecule has 30 heavy (non-hydrogen) atoms.